The fraction of sp³-hybridized carbons (Fsp3) is 0.150. The lowest BCUT2D eigenvalue weighted by molar-refractivity contribution is -0.384. The molecule has 0 amide bonds. The number of esters is 1. The highest BCUT2D eigenvalue weighted by Gasteiger charge is 2.15. The van der Waals surface area contributed by atoms with Crippen molar-refractivity contribution in [1.82, 2.24) is 10.2 Å². The topological polar surface area (TPSA) is 122 Å². The first-order valence-electron chi connectivity index (χ1n) is 8.69. The molecule has 29 heavy (non-hydrogen) atoms. The number of nitro groups is 1. The zero-order valence-electron chi connectivity index (χ0n) is 15.3. The number of benzene rings is 2. The van der Waals surface area contributed by atoms with Crippen LogP contribution in [0.2, 0.25) is 0 Å². The molecule has 0 aliphatic heterocycles. The van der Waals surface area contributed by atoms with Crippen molar-refractivity contribution in [2.45, 2.75) is 20.0 Å². The molecule has 0 bridgehead atoms. The lowest BCUT2D eigenvalue weighted by atomic mass is 10.1. The summed E-state index contributed by atoms with van der Waals surface area (Å²) in [4.78, 5) is 22.4. The van der Waals surface area contributed by atoms with E-state index in [2.05, 4.69) is 10.2 Å². The molecule has 0 N–H and O–H groups in total. The predicted octanol–water partition coefficient (Wildman–Crippen LogP) is 3.99. The van der Waals surface area contributed by atoms with E-state index < -0.39 is 10.9 Å². The zero-order valence-corrected chi connectivity index (χ0v) is 15.3. The van der Waals surface area contributed by atoms with Gasteiger partial charge >= 0.3 is 5.97 Å². The van der Waals surface area contributed by atoms with Gasteiger partial charge in [-0.05, 0) is 30.7 Å². The quantitative estimate of drug-likeness (QED) is 0.274. The van der Waals surface area contributed by atoms with E-state index in [0.29, 0.717) is 5.56 Å². The van der Waals surface area contributed by atoms with Crippen molar-refractivity contribution < 1.29 is 23.3 Å². The maximum Gasteiger partial charge on any atom is 0.310 e. The van der Waals surface area contributed by atoms with Gasteiger partial charge in [0.15, 0.2) is 6.61 Å². The van der Waals surface area contributed by atoms with Crippen molar-refractivity contribution in [1.29, 1.82) is 0 Å². The van der Waals surface area contributed by atoms with Gasteiger partial charge in [0, 0.05) is 28.6 Å². The first-order chi connectivity index (χ1) is 14.0. The average Bonchev–Trinajstić information content (AvgIpc) is 3.33. The third kappa shape index (κ3) is 3.98. The van der Waals surface area contributed by atoms with Crippen LogP contribution in [0.15, 0.2) is 57.6 Å². The van der Waals surface area contributed by atoms with E-state index in [1.165, 1.54) is 24.3 Å². The highest BCUT2D eigenvalue weighted by molar-refractivity contribution is 5.86. The van der Waals surface area contributed by atoms with Crippen LogP contribution in [-0.4, -0.2) is 21.1 Å². The smallest absolute Gasteiger partial charge is 0.310 e. The van der Waals surface area contributed by atoms with Gasteiger partial charge in [0.05, 0.1) is 17.6 Å². The van der Waals surface area contributed by atoms with Gasteiger partial charge in [-0.15, -0.1) is 10.2 Å². The fourth-order valence-electron chi connectivity index (χ4n) is 2.83. The summed E-state index contributed by atoms with van der Waals surface area (Å²) in [5.74, 6) is -0.148. The summed E-state index contributed by atoms with van der Waals surface area (Å²) in [6, 6.07) is 11.5. The van der Waals surface area contributed by atoms with Crippen LogP contribution in [0.5, 0.6) is 0 Å². The van der Waals surface area contributed by atoms with Gasteiger partial charge in [-0.1, -0.05) is 12.1 Å². The third-order valence-corrected chi connectivity index (χ3v) is 4.29. The number of aromatic nitrogens is 2. The summed E-state index contributed by atoms with van der Waals surface area (Å²) < 4.78 is 16.1. The Morgan fingerprint density at radius 1 is 1.17 bits per heavy atom. The first kappa shape index (κ1) is 18.4. The van der Waals surface area contributed by atoms with Gasteiger partial charge in [0.25, 0.3) is 11.6 Å². The molecule has 146 valence electrons. The zero-order chi connectivity index (χ0) is 20.4. The SMILES string of the molecule is Cc1ccc2c(CC(=O)OCc3nnc(-c4ccc([N+](=O)[O-])cc4)o3)coc2c1. The lowest BCUT2D eigenvalue weighted by Gasteiger charge is -2.01. The Labute approximate surface area is 164 Å². The van der Waals surface area contributed by atoms with E-state index in [4.69, 9.17) is 13.6 Å². The molecule has 4 rings (SSSR count). The fourth-order valence-corrected chi connectivity index (χ4v) is 2.83. The van der Waals surface area contributed by atoms with Crippen molar-refractivity contribution in [3.05, 3.63) is 75.9 Å². The van der Waals surface area contributed by atoms with Gasteiger partial charge in [-0.25, -0.2) is 0 Å². The van der Waals surface area contributed by atoms with E-state index >= 15 is 0 Å². The van der Waals surface area contributed by atoms with E-state index in [1.54, 1.807) is 6.26 Å². The van der Waals surface area contributed by atoms with Crippen LogP contribution in [-0.2, 0) is 22.6 Å². The Kier molecular flexibility index (Phi) is 4.78. The Bertz CT molecular complexity index is 1190. The number of nitro benzene ring substituents is 1. The number of furan rings is 1. The van der Waals surface area contributed by atoms with E-state index in [-0.39, 0.29) is 30.5 Å². The largest absolute Gasteiger partial charge is 0.464 e. The molecule has 2 aromatic carbocycles. The molecular weight excluding hydrogens is 378 g/mol. The Morgan fingerprint density at radius 2 is 1.97 bits per heavy atom. The van der Waals surface area contributed by atoms with Crippen molar-refractivity contribution in [2.75, 3.05) is 0 Å². The van der Waals surface area contributed by atoms with Gasteiger partial charge in [0.1, 0.15) is 5.58 Å². The van der Waals surface area contributed by atoms with Crippen LogP contribution in [0.1, 0.15) is 17.0 Å². The summed E-state index contributed by atoms with van der Waals surface area (Å²) in [6.07, 6.45) is 1.60. The number of hydrogen-bond acceptors (Lipinski definition) is 8. The number of aryl methyl sites for hydroxylation is 1. The van der Waals surface area contributed by atoms with Crippen LogP contribution in [0.3, 0.4) is 0 Å². The highest BCUT2D eigenvalue weighted by Crippen LogP contribution is 2.24. The molecule has 0 saturated carbocycles. The number of non-ortho nitro benzene ring substituents is 1. The van der Waals surface area contributed by atoms with Crippen LogP contribution in [0, 0.1) is 17.0 Å². The second kappa shape index (κ2) is 7.55. The van der Waals surface area contributed by atoms with Crippen LogP contribution < -0.4 is 0 Å². The molecule has 0 aliphatic carbocycles. The molecule has 0 unspecified atom stereocenters. The maximum absolute atomic E-state index is 12.2. The van der Waals surface area contributed by atoms with Crippen LogP contribution in [0.4, 0.5) is 5.69 Å². The molecule has 0 atom stereocenters. The Balaban J connectivity index is 1.37. The van der Waals surface area contributed by atoms with Gasteiger partial charge < -0.3 is 13.6 Å². The Morgan fingerprint density at radius 3 is 2.72 bits per heavy atom. The van der Waals surface area contributed by atoms with Gasteiger partial charge in [-0.3, -0.25) is 14.9 Å². The molecule has 0 fully saturated rings. The molecule has 4 aromatic rings. The summed E-state index contributed by atoms with van der Waals surface area (Å²) >= 11 is 0. The standard InChI is InChI=1S/C20H15N3O6/c1-12-2-7-16-14(10-27-17(16)8-12)9-19(24)28-11-18-21-22-20(29-18)13-3-5-15(6-4-13)23(25)26/h2-8,10H,9,11H2,1H3. The molecule has 0 spiro atoms. The normalized spacial score (nSPS) is 10.9. The van der Waals surface area contributed by atoms with Crippen LogP contribution in [0.25, 0.3) is 22.4 Å². The average molecular weight is 393 g/mol. The van der Waals surface area contributed by atoms with Crippen molar-refractivity contribution in [3.63, 3.8) is 0 Å². The predicted molar refractivity (Wildman–Crippen MR) is 101 cm³/mol. The molecule has 9 heteroatoms. The third-order valence-electron chi connectivity index (χ3n) is 4.29. The number of rotatable bonds is 6. The number of ether oxygens (including phenoxy) is 1. The number of hydrogen-bond donors (Lipinski definition) is 0. The number of nitrogens with zero attached hydrogens (tertiary/aromatic N) is 3. The number of carbonyl (C=O) groups is 1. The van der Waals surface area contributed by atoms with E-state index in [1.807, 2.05) is 25.1 Å². The maximum atomic E-state index is 12.2. The van der Waals surface area contributed by atoms with Gasteiger partial charge in [-0.2, -0.15) is 0 Å². The van der Waals surface area contributed by atoms with Crippen molar-refractivity contribution in [3.8, 4) is 11.5 Å². The Hall–Kier alpha value is -4.01. The minimum absolute atomic E-state index is 0.0376. The minimum atomic E-state index is -0.493. The molecule has 0 radical (unpaired) electrons. The lowest BCUT2D eigenvalue weighted by Crippen LogP contribution is -2.07. The number of fused-ring (bicyclic) bond motifs is 1. The number of carbonyl (C=O) groups excluding carboxylic acids is 1. The summed E-state index contributed by atoms with van der Waals surface area (Å²) in [6.45, 7) is 1.79. The summed E-state index contributed by atoms with van der Waals surface area (Å²) in [5, 5.41) is 19.3. The highest BCUT2D eigenvalue weighted by atomic mass is 16.6. The molecule has 9 nitrogen and oxygen atoms in total. The minimum Gasteiger partial charge on any atom is -0.464 e. The second-order valence-electron chi connectivity index (χ2n) is 6.40. The van der Waals surface area contributed by atoms with Crippen molar-refractivity contribution >= 4 is 22.6 Å². The first-order valence-corrected chi connectivity index (χ1v) is 8.69. The molecule has 0 aliphatic rings. The molecule has 2 heterocycles. The van der Waals surface area contributed by atoms with Gasteiger partial charge in [0.2, 0.25) is 5.89 Å². The molecule has 2 aromatic heterocycles. The molecular formula is C20H15N3O6. The van der Waals surface area contributed by atoms with Crippen molar-refractivity contribution in [2.24, 2.45) is 0 Å². The second-order valence-corrected chi connectivity index (χ2v) is 6.40. The summed E-state index contributed by atoms with van der Waals surface area (Å²) in [5.41, 5.74) is 3.02. The summed E-state index contributed by atoms with van der Waals surface area (Å²) in [7, 11) is 0. The van der Waals surface area contributed by atoms with E-state index in [9.17, 15) is 14.9 Å². The van der Waals surface area contributed by atoms with E-state index in [0.717, 1.165) is 22.1 Å². The molecule has 0 saturated heterocycles. The van der Waals surface area contributed by atoms with Crippen LogP contribution >= 0.6 is 0 Å². The monoisotopic (exact) mass is 393 g/mol.